The third-order valence-electron chi connectivity index (χ3n) is 0.408. The predicted octanol–water partition coefficient (Wildman–Crippen LogP) is 0.621. The summed E-state index contributed by atoms with van der Waals surface area (Å²) < 4.78 is 15.9. The van der Waals surface area contributed by atoms with Gasteiger partial charge in [0.15, 0.2) is 5.95 Å². The van der Waals surface area contributed by atoms with Gasteiger partial charge >= 0.3 is 0 Å². The molecule has 0 aromatic heterocycles. The van der Waals surface area contributed by atoms with Crippen LogP contribution in [0, 0.1) is 0 Å². The summed E-state index contributed by atoms with van der Waals surface area (Å²) in [5, 5.41) is 2.21. The van der Waals surface area contributed by atoms with Crippen molar-refractivity contribution < 1.29 is 9.13 Å². The molecule has 0 aliphatic heterocycles. The van der Waals surface area contributed by atoms with Crippen LogP contribution >= 0.6 is 0 Å². The fourth-order valence-corrected chi connectivity index (χ4v) is 0.150. The average molecular weight is 105 g/mol. The van der Waals surface area contributed by atoms with E-state index in [0.29, 0.717) is 0 Å². The van der Waals surface area contributed by atoms with Crippen molar-refractivity contribution in [1.29, 1.82) is 0 Å². The van der Waals surface area contributed by atoms with E-state index in [0.717, 1.165) is 0 Å². The van der Waals surface area contributed by atoms with E-state index < -0.39 is 5.95 Å². The lowest BCUT2D eigenvalue weighted by Crippen LogP contribution is -2.11. The van der Waals surface area contributed by atoms with Crippen LogP contribution in [-0.2, 0) is 4.74 Å². The molecular formula is C4H8FNO. The first-order chi connectivity index (χ1) is 3.27. The topological polar surface area (TPSA) is 21.3 Å². The number of ether oxygens (including phenoxy) is 1. The van der Waals surface area contributed by atoms with Crippen molar-refractivity contribution in [1.82, 2.24) is 5.32 Å². The molecule has 0 atom stereocenters. The first-order valence-corrected chi connectivity index (χ1v) is 1.84. The summed E-state index contributed by atoms with van der Waals surface area (Å²) >= 11 is 0. The predicted molar refractivity (Wildman–Crippen MR) is 25.3 cm³/mol. The fourth-order valence-electron chi connectivity index (χ4n) is 0.150. The van der Waals surface area contributed by atoms with Gasteiger partial charge in [0.05, 0.1) is 0 Å². The Morgan fingerprint density at radius 2 is 2.57 bits per heavy atom. The van der Waals surface area contributed by atoms with Gasteiger partial charge in [0, 0.05) is 7.11 Å². The van der Waals surface area contributed by atoms with Crippen molar-refractivity contribution in [2.45, 2.75) is 0 Å². The molecule has 0 spiro atoms. The van der Waals surface area contributed by atoms with Crippen molar-refractivity contribution in [3.05, 3.63) is 12.5 Å². The highest BCUT2D eigenvalue weighted by atomic mass is 19.1. The number of rotatable bonds is 3. The van der Waals surface area contributed by atoms with Gasteiger partial charge in [-0.05, 0) is 6.58 Å². The highest BCUT2D eigenvalue weighted by Gasteiger charge is 1.80. The minimum Gasteiger partial charge on any atom is -0.365 e. The highest BCUT2D eigenvalue weighted by molar-refractivity contribution is 4.72. The van der Waals surface area contributed by atoms with Crippen molar-refractivity contribution in [2.75, 3.05) is 13.8 Å². The second-order valence-corrected chi connectivity index (χ2v) is 1.01. The van der Waals surface area contributed by atoms with Crippen LogP contribution in [0.25, 0.3) is 0 Å². The molecule has 0 rings (SSSR count). The zero-order valence-corrected chi connectivity index (χ0v) is 4.20. The Hall–Kier alpha value is -0.570. The van der Waals surface area contributed by atoms with E-state index in [1.165, 1.54) is 7.11 Å². The molecule has 0 fully saturated rings. The first kappa shape index (κ1) is 6.43. The number of hydrogen-bond acceptors (Lipinski definition) is 2. The molecule has 0 radical (unpaired) electrons. The van der Waals surface area contributed by atoms with Gasteiger partial charge in [0.25, 0.3) is 0 Å². The van der Waals surface area contributed by atoms with E-state index in [9.17, 15) is 4.39 Å². The summed E-state index contributed by atoms with van der Waals surface area (Å²) in [7, 11) is 1.47. The summed E-state index contributed by atoms with van der Waals surface area (Å²) in [5.41, 5.74) is 0. The van der Waals surface area contributed by atoms with Crippen LogP contribution in [0.1, 0.15) is 0 Å². The summed E-state index contributed by atoms with van der Waals surface area (Å²) in [6.07, 6.45) is 0. The first-order valence-electron chi connectivity index (χ1n) is 1.84. The van der Waals surface area contributed by atoms with Crippen LogP contribution < -0.4 is 5.32 Å². The molecule has 0 saturated heterocycles. The molecular weight excluding hydrogens is 97.0 g/mol. The van der Waals surface area contributed by atoms with Crippen LogP contribution in [0.15, 0.2) is 12.5 Å². The van der Waals surface area contributed by atoms with E-state index in [2.05, 4.69) is 16.6 Å². The summed E-state index contributed by atoms with van der Waals surface area (Å²) in [6, 6.07) is 0. The fraction of sp³-hybridized carbons (Fsp3) is 0.500. The van der Waals surface area contributed by atoms with Gasteiger partial charge < -0.3 is 10.1 Å². The minimum absolute atomic E-state index is 0.176. The van der Waals surface area contributed by atoms with Crippen molar-refractivity contribution in [3.63, 3.8) is 0 Å². The molecule has 0 amide bonds. The lowest BCUT2D eigenvalue weighted by molar-refractivity contribution is 0.177. The van der Waals surface area contributed by atoms with Crippen molar-refractivity contribution in [3.8, 4) is 0 Å². The number of hydrogen-bond donors (Lipinski definition) is 1. The van der Waals surface area contributed by atoms with Crippen molar-refractivity contribution >= 4 is 0 Å². The van der Waals surface area contributed by atoms with E-state index in [-0.39, 0.29) is 6.73 Å². The molecule has 0 aromatic carbocycles. The Morgan fingerprint density at radius 3 is 2.71 bits per heavy atom. The summed E-state index contributed by atoms with van der Waals surface area (Å²) in [5.74, 6) is -0.568. The highest BCUT2D eigenvalue weighted by Crippen LogP contribution is 1.79. The maximum atomic E-state index is 11.5. The molecule has 0 aliphatic rings. The molecule has 0 unspecified atom stereocenters. The van der Waals surface area contributed by atoms with Gasteiger partial charge in [-0.25, -0.2) is 0 Å². The Kier molecular flexibility index (Phi) is 3.32. The Labute approximate surface area is 42.0 Å². The number of methoxy groups -OCH3 is 1. The number of nitrogens with one attached hydrogen (secondary N) is 1. The third-order valence-corrected chi connectivity index (χ3v) is 0.408. The van der Waals surface area contributed by atoms with Crippen LogP contribution in [0.2, 0.25) is 0 Å². The van der Waals surface area contributed by atoms with Crippen molar-refractivity contribution in [2.24, 2.45) is 0 Å². The van der Waals surface area contributed by atoms with Gasteiger partial charge in [0.2, 0.25) is 0 Å². The van der Waals surface area contributed by atoms with Gasteiger partial charge in [-0.3, -0.25) is 0 Å². The van der Waals surface area contributed by atoms with Crippen LogP contribution in [0.5, 0.6) is 0 Å². The molecule has 0 saturated carbocycles. The molecule has 3 heteroatoms. The van der Waals surface area contributed by atoms with Gasteiger partial charge in [-0.15, -0.1) is 0 Å². The molecule has 42 valence electrons. The minimum atomic E-state index is -0.568. The zero-order chi connectivity index (χ0) is 5.70. The van der Waals surface area contributed by atoms with Crippen LogP contribution in [-0.4, -0.2) is 13.8 Å². The smallest absolute Gasteiger partial charge is 0.181 e. The zero-order valence-electron chi connectivity index (χ0n) is 4.20. The average Bonchev–Trinajstić information content (AvgIpc) is 1.61. The SMILES string of the molecule is C=C(F)NCOC. The second-order valence-electron chi connectivity index (χ2n) is 1.01. The molecule has 7 heavy (non-hydrogen) atoms. The normalized spacial score (nSPS) is 8.29. The Morgan fingerprint density at radius 1 is 2.00 bits per heavy atom. The lowest BCUT2D eigenvalue weighted by atomic mass is 10.9. The molecule has 0 aromatic rings. The summed E-state index contributed by atoms with van der Waals surface area (Å²) in [6.45, 7) is 3.11. The monoisotopic (exact) mass is 105 g/mol. The quantitative estimate of drug-likeness (QED) is 0.419. The number of halogens is 1. The van der Waals surface area contributed by atoms with E-state index >= 15 is 0 Å². The third kappa shape index (κ3) is 5.43. The van der Waals surface area contributed by atoms with Gasteiger partial charge in [-0.1, -0.05) is 0 Å². The van der Waals surface area contributed by atoms with Gasteiger partial charge in [-0.2, -0.15) is 4.39 Å². The summed E-state index contributed by atoms with van der Waals surface area (Å²) in [4.78, 5) is 0. The lowest BCUT2D eigenvalue weighted by Gasteiger charge is -1.96. The largest absolute Gasteiger partial charge is 0.365 e. The maximum Gasteiger partial charge on any atom is 0.181 e. The standard InChI is InChI=1S/C4H8FNO/c1-4(5)6-3-7-2/h6H,1,3H2,2H3. The molecule has 1 N–H and O–H groups in total. The Balaban J connectivity index is 2.82. The maximum absolute atomic E-state index is 11.5. The van der Waals surface area contributed by atoms with E-state index in [4.69, 9.17) is 0 Å². The van der Waals surface area contributed by atoms with E-state index in [1.54, 1.807) is 0 Å². The van der Waals surface area contributed by atoms with Gasteiger partial charge in [0.1, 0.15) is 6.73 Å². The molecule has 2 nitrogen and oxygen atoms in total. The van der Waals surface area contributed by atoms with Crippen LogP contribution in [0.3, 0.4) is 0 Å². The molecule has 0 bridgehead atoms. The molecule has 0 aliphatic carbocycles. The molecule has 0 heterocycles. The van der Waals surface area contributed by atoms with Crippen LogP contribution in [0.4, 0.5) is 4.39 Å². The second kappa shape index (κ2) is 3.61. The Bertz CT molecular complexity index is 64.7. The van der Waals surface area contributed by atoms with E-state index in [1.807, 2.05) is 0 Å².